The molecule has 0 saturated heterocycles. The van der Waals surface area contributed by atoms with Crippen molar-refractivity contribution in [3.63, 3.8) is 0 Å². The van der Waals surface area contributed by atoms with E-state index in [1.807, 2.05) is 43.3 Å². The van der Waals surface area contributed by atoms with E-state index in [2.05, 4.69) is 0 Å². The summed E-state index contributed by atoms with van der Waals surface area (Å²) in [6, 6.07) is 14.3. The van der Waals surface area contributed by atoms with Crippen LogP contribution in [0, 0.1) is 0 Å². The van der Waals surface area contributed by atoms with Crippen LogP contribution >= 0.6 is 11.8 Å². The van der Waals surface area contributed by atoms with Crippen molar-refractivity contribution in [2.45, 2.75) is 61.4 Å². The number of furan rings is 1. The number of anilines is 1. The van der Waals surface area contributed by atoms with E-state index in [0.717, 1.165) is 47.3 Å². The Labute approximate surface area is 199 Å². The zero-order chi connectivity index (χ0) is 23.2. The van der Waals surface area contributed by atoms with Gasteiger partial charge in [0, 0.05) is 35.5 Å². The molecule has 1 unspecified atom stereocenters. The van der Waals surface area contributed by atoms with Crippen LogP contribution in [0.15, 0.2) is 62.7 Å². The van der Waals surface area contributed by atoms with Crippen LogP contribution in [0.5, 0.6) is 0 Å². The van der Waals surface area contributed by atoms with E-state index in [1.54, 1.807) is 33.1 Å². The molecule has 174 valence electrons. The predicted molar refractivity (Wildman–Crippen MR) is 131 cm³/mol. The number of nitrogens with zero attached hydrogens (tertiary/aromatic N) is 2. The van der Waals surface area contributed by atoms with Crippen LogP contribution in [-0.2, 0) is 14.8 Å². The molecule has 33 heavy (non-hydrogen) atoms. The highest BCUT2D eigenvalue weighted by Gasteiger charge is 2.39. The van der Waals surface area contributed by atoms with Gasteiger partial charge in [-0.25, -0.2) is 8.42 Å². The van der Waals surface area contributed by atoms with Crippen molar-refractivity contribution < 1.29 is 17.6 Å². The van der Waals surface area contributed by atoms with Crippen molar-refractivity contribution in [1.29, 1.82) is 0 Å². The summed E-state index contributed by atoms with van der Waals surface area (Å²) in [5.74, 6) is 1.37. The van der Waals surface area contributed by atoms with Crippen molar-refractivity contribution in [3.8, 4) is 0 Å². The second-order valence-corrected chi connectivity index (χ2v) is 11.8. The van der Waals surface area contributed by atoms with Gasteiger partial charge in [0.15, 0.2) is 0 Å². The van der Waals surface area contributed by atoms with E-state index in [9.17, 15) is 13.2 Å². The molecule has 1 saturated carbocycles. The molecule has 1 atom stereocenters. The molecule has 1 aromatic heterocycles. The van der Waals surface area contributed by atoms with Gasteiger partial charge in [-0.2, -0.15) is 4.31 Å². The average molecular weight is 485 g/mol. The molecule has 1 aliphatic heterocycles. The normalized spacial score (nSPS) is 18.1. The Morgan fingerprint density at radius 2 is 1.91 bits per heavy atom. The Kier molecular flexibility index (Phi) is 6.01. The summed E-state index contributed by atoms with van der Waals surface area (Å²) in [5.41, 5.74) is 1.44. The smallest absolute Gasteiger partial charge is 0.244 e. The highest BCUT2D eigenvalue weighted by Crippen LogP contribution is 2.41. The molecule has 5 rings (SSSR count). The lowest BCUT2D eigenvalue weighted by Crippen LogP contribution is -2.41. The summed E-state index contributed by atoms with van der Waals surface area (Å²) < 4.78 is 35.9. The molecule has 0 radical (unpaired) electrons. The molecule has 1 aliphatic carbocycles. The minimum atomic E-state index is -3.83. The minimum absolute atomic E-state index is 0.0746. The maximum Gasteiger partial charge on any atom is 0.244 e. The van der Waals surface area contributed by atoms with Crippen LogP contribution in [0.1, 0.15) is 51.3 Å². The van der Waals surface area contributed by atoms with Crippen molar-refractivity contribution in [3.05, 3.63) is 54.3 Å². The number of fused-ring (bicyclic) bond motifs is 2. The number of thioether (sulfide) groups is 1. The first-order valence-corrected chi connectivity index (χ1v) is 13.9. The number of hydrogen-bond donors (Lipinski definition) is 0. The highest BCUT2D eigenvalue weighted by atomic mass is 32.2. The molecule has 3 aromatic rings. The van der Waals surface area contributed by atoms with Crippen LogP contribution in [0.4, 0.5) is 5.69 Å². The van der Waals surface area contributed by atoms with Gasteiger partial charge in [0.05, 0.1) is 16.6 Å². The molecule has 0 N–H and O–H groups in total. The number of rotatable bonds is 5. The third-order valence-corrected chi connectivity index (χ3v) is 9.73. The quantitative estimate of drug-likeness (QED) is 0.472. The highest BCUT2D eigenvalue weighted by molar-refractivity contribution is 7.99. The minimum Gasteiger partial charge on any atom is -0.459 e. The van der Waals surface area contributed by atoms with Crippen molar-refractivity contribution >= 4 is 44.3 Å². The lowest BCUT2D eigenvalue weighted by Gasteiger charge is -2.33. The lowest BCUT2D eigenvalue weighted by atomic mass is 10.1. The first-order valence-electron chi connectivity index (χ1n) is 11.4. The first-order chi connectivity index (χ1) is 15.9. The number of hydrogen-bond acceptors (Lipinski definition) is 5. The fourth-order valence-electron chi connectivity index (χ4n) is 5.02. The molecule has 1 fully saturated rings. The van der Waals surface area contributed by atoms with E-state index in [1.165, 1.54) is 6.92 Å². The van der Waals surface area contributed by atoms with Gasteiger partial charge in [-0.3, -0.25) is 4.79 Å². The van der Waals surface area contributed by atoms with E-state index >= 15 is 0 Å². The Morgan fingerprint density at radius 3 is 2.64 bits per heavy atom. The Morgan fingerprint density at radius 1 is 1.15 bits per heavy atom. The molecule has 2 aromatic carbocycles. The maximum absolute atomic E-state index is 14.1. The zero-order valence-electron chi connectivity index (χ0n) is 18.9. The molecule has 0 spiro atoms. The van der Waals surface area contributed by atoms with Gasteiger partial charge < -0.3 is 9.32 Å². The zero-order valence-corrected chi connectivity index (χ0v) is 20.5. The Hall–Kier alpha value is -2.29. The third kappa shape index (κ3) is 4.09. The average Bonchev–Trinajstić information content (AvgIpc) is 3.48. The first kappa shape index (κ1) is 22.5. The van der Waals surface area contributed by atoms with Crippen LogP contribution < -0.4 is 4.90 Å². The van der Waals surface area contributed by atoms with Crippen LogP contribution in [0.25, 0.3) is 11.0 Å². The van der Waals surface area contributed by atoms with E-state index in [-0.39, 0.29) is 16.8 Å². The molecular formula is C25H28N2O4S2. The molecule has 0 bridgehead atoms. The number of carbonyl (C=O) groups is 1. The molecule has 2 heterocycles. The van der Waals surface area contributed by atoms with Crippen LogP contribution in [0.3, 0.4) is 0 Å². The topological polar surface area (TPSA) is 70.8 Å². The van der Waals surface area contributed by atoms with Gasteiger partial charge in [0.1, 0.15) is 11.3 Å². The fourth-order valence-corrected chi connectivity index (χ4v) is 7.86. The standard InChI is InChI=1S/C25H28N2O4S2/c1-17(24-15-19-7-3-6-10-23(19)31-24)27(20-8-4-5-9-20)33(29,30)21-11-12-25-22(16-21)26(18(2)28)13-14-32-25/h3,6-7,10-12,15-17,20H,4-5,8-9,13-14H2,1-2H3. The van der Waals surface area contributed by atoms with Crippen molar-refractivity contribution in [2.24, 2.45) is 0 Å². The number of amides is 1. The molecule has 8 heteroatoms. The van der Waals surface area contributed by atoms with Gasteiger partial charge in [-0.15, -0.1) is 11.8 Å². The molecule has 6 nitrogen and oxygen atoms in total. The summed E-state index contributed by atoms with van der Waals surface area (Å²) in [5, 5.41) is 0.964. The summed E-state index contributed by atoms with van der Waals surface area (Å²) in [7, 11) is -3.83. The number of para-hydroxylation sites is 1. The summed E-state index contributed by atoms with van der Waals surface area (Å²) >= 11 is 1.65. The summed E-state index contributed by atoms with van der Waals surface area (Å²) in [6.45, 7) is 4.01. The predicted octanol–water partition coefficient (Wildman–Crippen LogP) is 5.59. The molecular weight excluding hydrogens is 456 g/mol. The fraction of sp³-hybridized carbons (Fsp3) is 0.400. The maximum atomic E-state index is 14.1. The van der Waals surface area contributed by atoms with E-state index < -0.39 is 16.1 Å². The van der Waals surface area contributed by atoms with Gasteiger partial charge in [-0.05, 0) is 50.1 Å². The van der Waals surface area contributed by atoms with E-state index in [0.29, 0.717) is 18.0 Å². The number of benzene rings is 2. The Balaban J connectivity index is 1.58. The second-order valence-electron chi connectivity index (χ2n) is 8.78. The molecule has 2 aliphatic rings. The summed E-state index contributed by atoms with van der Waals surface area (Å²) in [6.07, 6.45) is 3.71. The number of carbonyl (C=O) groups excluding carboxylic acids is 1. The third-order valence-electron chi connectivity index (χ3n) is 6.67. The largest absolute Gasteiger partial charge is 0.459 e. The molecule has 1 amide bonds. The van der Waals surface area contributed by atoms with Gasteiger partial charge in [0.25, 0.3) is 0 Å². The van der Waals surface area contributed by atoms with E-state index in [4.69, 9.17) is 4.42 Å². The second kappa shape index (κ2) is 8.81. The van der Waals surface area contributed by atoms with Gasteiger partial charge >= 0.3 is 0 Å². The summed E-state index contributed by atoms with van der Waals surface area (Å²) in [4.78, 5) is 15.0. The van der Waals surface area contributed by atoms with Gasteiger partial charge in [-0.1, -0.05) is 31.0 Å². The Bertz CT molecular complexity index is 1260. The van der Waals surface area contributed by atoms with Gasteiger partial charge in [0.2, 0.25) is 15.9 Å². The van der Waals surface area contributed by atoms with Crippen molar-refractivity contribution in [2.75, 3.05) is 17.2 Å². The van der Waals surface area contributed by atoms with Crippen LogP contribution in [0.2, 0.25) is 0 Å². The SMILES string of the molecule is CC(=O)N1CCSc2ccc(S(=O)(=O)N(C3CCCC3)C(C)c3cc4ccccc4o3)cc21. The number of sulfonamides is 1. The lowest BCUT2D eigenvalue weighted by molar-refractivity contribution is -0.116. The van der Waals surface area contributed by atoms with Crippen molar-refractivity contribution in [1.82, 2.24) is 4.31 Å². The monoisotopic (exact) mass is 484 g/mol. The van der Waals surface area contributed by atoms with Crippen LogP contribution in [-0.4, -0.2) is 37.0 Å².